The number of nitrogens with two attached hydrogens (primary N) is 1. The van der Waals surface area contributed by atoms with Crippen LogP contribution in [0.2, 0.25) is 5.02 Å². The molecule has 0 unspecified atom stereocenters. The summed E-state index contributed by atoms with van der Waals surface area (Å²) < 4.78 is 6.89. The molecule has 3 aromatic rings. The molecule has 0 saturated heterocycles. The molecule has 2 aromatic heterocycles. The average Bonchev–Trinajstić information content (AvgIpc) is 3.06. The van der Waals surface area contributed by atoms with Gasteiger partial charge in [-0.25, -0.2) is 4.68 Å². The molecule has 2 N–H and O–H groups in total. The van der Waals surface area contributed by atoms with Gasteiger partial charge in [0.1, 0.15) is 6.33 Å². The van der Waals surface area contributed by atoms with E-state index in [-0.39, 0.29) is 0 Å². The first-order chi connectivity index (χ1) is 9.74. The third kappa shape index (κ3) is 2.61. The minimum Gasteiger partial charge on any atom is -0.420 e. The molecule has 0 radical (unpaired) electrons. The highest BCUT2D eigenvalue weighted by Gasteiger charge is 2.12. The first kappa shape index (κ1) is 12.9. The molecule has 0 fully saturated rings. The number of halogens is 1. The number of hydrogen-bond donors (Lipinski definition) is 1. The summed E-state index contributed by atoms with van der Waals surface area (Å²) in [4.78, 5) is 0. The van der Waals surface area contributed by atoms with Gasteiger partial charge in [0.15, 0.2) is 0 Å². The van der Waals surface area contributed by atoms with E-state index in [1.54, 1.807) is 6.07 Å². The van der Waals surface area contributed by atoms with E-state index in [0.717, 1.165) is 0 Å². The van der Waals surface area contributed by atoms with E-state index in [1.165, 1.54) is 22.8 Å². The molecule has 0 saturated carbocycles. The fraction of sp³-hybridized carbons (Fsp3) is 0.0909. The van der Waals surface area contributed by atoms with Crippen LogP contribution in [0.5, 0.6) is 0 Å². The van der Waals surface area contributed by atoms with E-state index < -0.39 is 0 Å². The van der Waals surface area contributed by atoms with Gasteiger partial charge in [0.2, 0.25) is 16.9 Å². The Labute approximate surface area is 123 Å². The van der Waals surface area contributed by atoms with Crippen LogP contribution in [0, 0.1) is 0 Å². The quantitative estimate of drug-likeness (QED) is 0.581. The molecule has 3 rings (SSSR count). The van der Waals surface area contributed by atoms with Crippen LogP contribution in [-0.2, 0) is 5.75 Å². The highest BCUT2D eigenvalue weighted by molar-refractivity contribution is 7.98. The van der Waals surface area contributed by atoms with Gasteiger partial charge >= 0.3 is 0 Å². The van der Waals surface area contributed by atoms with Crippen molar-refractivity contribution in [3.8, 4) is 11.5 Å². The number of aromatic nitrogens is 5. The lowest BCUT2D eigenvalue weighted by Gasteiger charge is -1.97. The van der Waals surface area contributed by atoms with Crippen molar-refractivity contribution in [1.82, 2.24) is 25.1 Å². The summed E-state index contributed by atoms with van der Waals surface area (Å²) in [5.74, 6) is 6.91. The van der Waals surface area contributed by atoms with E-state index in [0.29, 0.717) is 33.3 Å². The Kier molecular flexibility index (Phi) is 3.57. The highest BCUT2D eigenvalue weighted by atomic mass is 35.5. The van der Waals surface area contributed by atoms with Gasteiger partial charge in [-0.2, -0.15) is 0 Å². The van der Waals surface area contributed by atoms with Gasteiger partial charge in [-0.3, -0.25) is 0 Å². The summed E-state index contributed by atoms with van der Waals surface area (Å²) in [6.45, 7) is 0. The maximum Gasteiger partial charge on any atom is 0.249 e. The molecule has 0 aliphatic rings. The van der Waals surface area contributed by atoms with Crippen LogP contribution in [0.1, 0.15) is 5.89 Å². The predicted octanol–water partition coefficient (Wildman–Crippen LogP) is 1.99. The van der Waals surface area contributed by atoms with E-state index in [2.05, 4.69) is 20.4 Å². The summed E-state index contributed by atoms with van der Waals surface area (Å²) >= 11 is 7.43. The smallest absolute Gasteiger partial charge is 0.249 e. The van der Waals surface area contributed by atoms with Crippen LogP contribution in [0.15, 0.2) is 40.2 Å². The summed E-state index contributed by atoms with van der Waals surface area (Å²) in [6, 6.07) is 7.29. The molecule has 0 bridgehead atoms. The Hall–Kier alpha value is -2.06. The lowest BCUT2D eigenvalue weighted by Crippen LogP contribution is -2.07. The first-order valence-corrected chi connectivity index (χ1v) is 6.95. The van der Waals surface area contributed by atoms with Crippen LogP contribution in [0.25, 0.3) is 11.5 Å². The van der Waals surface area contributed by atoms with Crippen molar-refractivity contribution in [2.45, 2.75) is 10.9 Å². The molecule has 0 spiro atoms. The normalized spacial score (nSPS) is 10.8. The third-order valence-electron chi connectivity index (χ3n) is 2.44. The second-order valence-electron chi connectivity index (χ2n) is 3.79. The van der Waals surface area contributed by atoms with Gasteiger partial charge in [0, 0.05) is 0 Å². The molecule has 0 aliphatic carbocycles. The fourth-order valence-corrected chi connectivity index (χ4v) is 2.40. The summed E-state index contributed by atoms with van der Waals surface area (Å²) in [5.41, 5.74) is 0.708. The summed E-state index contributed by atoms with van der Waals surface area (Å²) in [6.07, 6.45) is 1.42. The number of nitrogen functional groups attached to an aromatic ring is 1. The van der Waals surface area contributed by atoms with Gasteiger partial charge in [-0.15, -0.1) is 20.4 Å². The summed E-state index contributed by atoms with van der Waals surface area (Å²) in [7, 11) is 0. The molecule has 0 aliphatic heterocycles. The Balaban J connectivity index is 1.74. The van der Waals surface area contributed by atoms with Gasteiger partial charge in [-0.1, -0.05) is 35.5 Å². The van der Waals surface area contributed by atoms with E-state index in [1.807, 2.05) is 18.2 Å². The highest BCUT2D eigenvalue weighted by Crippen LogP contribution is 2.27. The second-order valence-corrected chi connectivity index (χ2v) is 5.14. The maximum atomic E-state index is 6.08. The number of rotatable bonds is 4. The van der Waals surface area contributed by atoms with Crippen LogP contribution in [0.3, 0.4) is 0 Å². The Bertz CT molecular complexity index is 727. The second kappa shape index (κ2) is 5.51. The minimum atomic E-state index is 0.389. The molecular formula is C11H9ClN6OS. The van der Waals surface area contributed by atoms with Crippen LogP contribution < -0.4 is 5.84 Å². The molecule has 2 heterocycles. The maximum absolute atomic E-state index is 6.08. The topological polar surface area (TPSA) is 95.7 Å². The Morgan fingerprint density at radius 3 is 2.85 bits per heavy atom. The number of nitrogens with zero attached hydrogens (tertiary/aromatic N) is 5. The average molecular weight is 309 g/mol. The molecule has 9 heteroatoms. The number of benzene rings is 1. The van der Waals surface area contributed by atoms with E-state index >= 15 is 0 Å². The standard InChI is InChI=1S/C11H9ClN6OS/c12-8-4-2-1-3-7(8)10-16-15-9(19-10)5-20-11-17-14-6-18(11)13/h1-4,6H,5,13H2. The molecule has 0 atom stereocenters. The lowest BCUT2D eigenvalue weighted by atomic mass is 10.2. The van der Waals surface area contributed by atoms with E-state index in [9.17, 15) is 0 Å². The van der Waals surface area contributed by atoms with Crippen LogP contribution in [0.4, 0.5) is 0 Å². The van der Waals surface area contributed by atoms with Crippen molar-refractivity contribution in [1.29, 1.82) is 0 Å². The van der Waals surface area contributed by atoms with Crippen molar-refractivity contribution in [3.05, 3.63) is 41.5 Å². The van der Waals surface area contributed by atoms with Gasteiger partial charge < -0.3 is 10.3 Å². The van der Waals surface area contributed by atoms with Crippen molar-refractivity contribution in [3.63, 3.8) is 0 Å². The molecule has 7 nitrogen and oxygen atoms in total. The molecule has 102 valence electrons. The lowest BCUT2D eigenvalue weighted by molar-refractivity contribution is 0.528. The van der Waals surface area contributed by atoms with Crippen molar-refractivity contribution >= 4 is 23.4 Å². The number of hydrogen-bond acceptors (Lipinski definition) is 7. The Morgan fingerprint density at radius 2 is 2.10 bits per heavy atom. The zero-order valence-electron chi connectivity index (χ0n) is 10.1. The van der Waals surface area contributed by atoms with Crippen LogP contribution in [-0.4, -0.2) is 25.1 Å². The first-order valence-electron chi connectivity index (χ1n) is 5.59. The van der Waals surface area contributed by atoms with Crippen molar-refractivity contribution in [2.75, 3.05) is 5.84 Å². The molecular weight excluding hydrogens is 300 g/mol. The van der Waals surface area contributed by atoms with Crippen LogP contribution >= 0.6 is 23.4 Å². The SMILES string of the molecule is Nn1cnnc1SCc1nnc(-c2ccccc2Cl)o1. The van der Waals surface area contributed by atoms with Gasteiger partial charge in [-0.05, 0) is 12.1 Å². The minimum absolute atomic E-state index is 0.389. The van der Waals surface area contributed by atoms with E-state index in [4.69, 9.17) is 21.9 Å². The third-order valence-corrected chi connectivity index (χ3v) is 3.71. The Morgan fingerprint density at radius 1 is 1.25 bits per heavy atom. The largest absolute Gasteiger partial charge is 0.420 e. The molecule has 20 heavy (non-hydrogen) atoms. The number of thioether (sulfide) groups is 1. The monoisotopic (exact) mass is 308 g/mol. The fourth-order valence-electron chi connectivity index (χ4n) is 1.52. The zero-order chi connectivity index (χ0) is 13.9. The van der Waals surface area contributed by atoms with Crippen molar-refractivity contribution < 1.29 is 4.42 Å². The zero-order valence-corrected chi connectivity index (χ0v) is 11.7. The van der Waals surface area contributed by atoms with Gasteiger partial charge in [0.25, 0.3) is 0 Å². The predicted molar refractivity (Wildman–Crippen MR) is 74.5 cm³/mol. The van der Waals surface area contributed by atoms with Crippen molar-refractivity contribution in [2.24, 2.45) is 0 Å². The molecule has 0 amide bonds. The molecule has 1 aromatic carbocycles. The van der Waals surface area contributed by atoms with Gasteiger partial charge in [0.05, 0.1) is 16.3 Å². The summed E-state index contributed by atoms with van der Waals surface area (Å²) in [5, 5.41) is 16.6.